The van der Waals surface area contributed by atoms with E-state index in [4.69, 9.17) is 11.5 Å². The van der Waals surface area contributed by atoms with Gasteiger partial charge in [0.2, 0.25) is 0 Å². The number of amides is 1. The molecular formula is C8H11N3O. The normalized spacial score (nSPS) is 9.42. The minimum Gasteiger partial charge on any atom is -0.399 e. The first-order chi connectivity index (χ1) is 5.65. The number of nitrogens with two attached hydrogens (primary N) is 2. The molecule has 0 radical (unpaired) electrons. The highest BCUT2D eigenvalue weighted by Crippen LogP contribution is 2.14. The van der Waals surface area contributed by atoms with Crippen LogP contribution in [0.25, 0.3) is 0 Å². The maximum Gasteiger partial charge on any atom is 0.253 e. The van der Waals surface area contributed by atoms with Crippen molar-refractivity contribution in [2.24, 2.45) is 0 Å². The van der Waals surface area contributed by atoms with Crippen molar-refractivity contribution in [2.75, 3.05) is 18.5 Å². The Labute approximate surface area is 70.6 Å². The Hall–Kier alpha value is -1.71. The summed E-state index contributed by atoms with van der Waals surface area (Å²) in [5, 5.41) is 2.48. The Morgan fingerprint density at radius 1 is 1.42 bits per heavy atom. The first-order valence-electron chi connectivity index (χ1n) is 3.52. The number of carbonyl (C=O) groups is 1. The van der Waals surface area contributed by atoms with Gasteiger partial charge < -0.3 is 16.8 Å². The fraction of sp³-hybridized carbons (Fsp3) is 0.125. The lowest BCUT2D eigenvalue weighted by Gasteiger charge is -2.03. The summed E-state index contributed by atoms with van der Waals surface area (Å²) in [6.07, 6.45) is 0. The van der Waals surface area contributed by atoms with Gasteiger partial charge in [0.25, 0.3) is 5.91 Å². The highest BCUT2D eigenvalue weighted by Gasteiger charge is 2.06. The van der Waals surface area contributed by atoms with Crippen molar-refractivity contribution in [3.63, 3.8) is 0 Å². The maximum atomic E-state index is 11.1. The highest BCUT2D eigenvalue weighted by molar-refractivity contribution is 5.99. The van der Waals surface area contributed by atoms with Crippen molar-refractivity contribution in [3.8, 4) is 0 Å². The summed E-state index contributed by atoms with van der Waals surface area (Å²) in [6.45, 7) is 0. The Kier molecular flexibility index (Phi) is 2.19. The van der Waals surface area contributed by atoms with Gasteiger partial charge in [0, 0.05) is 18.4 Å². The van der Waals surface area contributed by atoms with Crippen molar-refractivity contribution in [3.05, 3.63) is 23.8 Å². The summed E-state index contributed by atoms with van der Waals surface area (Å²) in [5.74, 6) is -0.201. The molecule has 0 aliphatic heterocycles. The number of benzene rings is 1. The number of nitrogen functional groups attached to an aromatic ring is 2. The SMILES string of the molecule is CNC(=O)c1ccc(N)cc1N. The lowest BCUT2D eigenvalue weighted by molar-refractivity contribution is 0.0964. The molecule has 12 heavy (non-hydrogen) atoms. The maximum absolute atomic E-state index is 11.1. The van der Waals surface area contributed by atoms with Crippen molar-refractivity contribution in [1.29, 1.82) is 0 Å². The first kappa shape index (κ1) is 8.39. The molecule has 4 heteroatoms. The number of nitrogens with one attached hydrogen (secondary N) is 1. The predicted molar refractivity (Wildman–Crippen MR) is 48.7 cm³/mol. The monoisotopic (exact) mass is 165 g/mol. The summed E-state index contributed by atoms with van der Waals surface area (Å²) >= 11 is 0. The van der Waals surface area contributed by atoms with Gasteiger partial charge in [-0.25, -0.2) is 0 Å². The fourth-order valence-electron chi connectivity index (χ4n) is 0.923. The molecule has 0 atom stereocenters. The molecule has 1 rings (SSSR count). The second kappa shape index (κ2) is 3.13. The van der Waals surface area contributed by atoms with Crippen molar-refractivity contribution in [1.82, 2.24) is 5.32 Å². The molecule has 0 bridgehead atoms. The van der Waals surface area contributed by atoms with E-state index in [1.807, 2.05) is 0 Å². The van der Waals surface area contributed by atoms with E-state index in [-0.39, 0.29) is 5.91 Å². The van der Waals surface area contributed by atoms with E-state index in [9.17, 15) is 4.79 Å². The van der Waals surface area contributed by atoms with Gasteiger partial charge in [-0.1, -0.05) is 0 Å². The van der Waals surface area contributed by atoms with Gasteiger partial charge >= 0.3 is 0 Å². The molecule has 0 aromatic heterocycles. The van der Waals surface area contributed by atoms with Gasteiger partial charge in [-0.3, -0.25) is 4.79 Å². The first-order valence-corrected chi connectivity index (χ1v) is 3.52. The number of hydrogen-bond acceptors (Lipinski definition) is 3. The van der Waals surface area contributed by atoms with Crippen LogP contribution < -0.4 is 16.8 Å². The van der Waals surface area contributed by atoms with Crippen LogP contribution in [0.4, 0.5) is 11.4 Å². The van der Waals surface area contributed by atoms with Crippen LogP contribution in [-0.4, -0.2) is 13.0 Å². The van der Waals surface area contributed by atoms with Crippen LogP contribution >= 0.6 is 0 Å². The molecule has 0 saturated heterocycles. The smallest absolute Gasteiger partial charge is 0.253 e. The highest BCUT2D eigenvalue weighted by atomic mass is 16.1. The number of hydrogen-bond donors (Lipinski definition) is 3. The minimum atomic E-state index is -0.201. The van der Waals surface area contributed by atoms with Gasteiger partial charge in [0.15, 0.2) is 0 Å². The molecule has 0 heterocycles. The molecule has 4 nitrogen and oxygen atoms in total. The van der Waals surface area contributed by atoms with Crippen molar-refractivity contribution >= 4 is 17.3 Å². The standard InChI is InChI=1S/C8H11N3O/c1-11-8(12)6-3-2-5(9)4-7(6)10/h2-4H,9-10H2,1H3,(H,11,12). The zero-order chi connectivity index (χ0) is 9.14. The molecule has 0 saturated carbocycles. The third kappa shape index (κ3) is 1.47. The molecule has 1 aromatic carbocycles. The minimum absolute atomic E-state index is 0.201. The molecule has 0 aliphatic rings. The Bertz CT molecular complexity index is 309. The van der Waals surface area contributed by atoms with Gasteiger partial charge in [-0.15, -0.1) is 0 Å². The quantitative estimate of drug-likeness (QED) is 0.520. The van der Waals surface area contributed by atoms with Gasteiger partial charge in [0.1, 0.15) is 0 Å². The number of anilines is 2. The van der Waals surface area contributed by atoms with E-state index >= 15 is 0 Å². The van der Waals surface area contributed by atoms with Crippen LogP contribution in [0.15, 0.2) is 18.2 Å². The van der Waals surface area contributed by atoms with E-state index in [1.54, 1.807) is 25.2 Å². The van der Waals surface area contributed by atoms with Crippen LogP contribution in [-0.2, 0) is 0 Å². The predicted octanol–water partition coefficient (Wildman–Crippen LogP) is 0.211. The lowest BCUT2D eigenvalue weighted by atomic mass is 10.1. The third-order valence-electron chi connectivity index (χ3n) is 1.55. The van der Waals surface area contributed by atoms with E-state index in [0.717, 1.165) is 0 Å². The third-order valence-corrected chi connectivity index (χ3v) is 1.55. The Balaban J connectivity index is 3.09. The zero-order valence-corrected chi connectivity index (χ0v) is 6.79. The van der Waals surface area contributed by atoms with Crippen LogP contribution in [0, 0.1) is 0 Å². The second-order valence-electron chi connectivity index (χ2n) is 2.43. The molecule has 0 spiro atoms. The van der Waals surface area contributed by atoms with Gasteiger partial charge in [-0.05, 0) is 18.2 Å². The second-order valence-corrected chi connectivity index (χ2v) is 2.43. The molecule has 64 valence electrons. The van der Waals surface area contributed by atoms with Crippen LogP contribution in [0.5, 0.6) is 0 Å². The average Bonchev–Trinajstić information content (AvgIpc) is 2.03. The molecule has 5 N–H and O–H groups in total. The van der Waals surface area contributed by atoms with Gasteiger partial charge in [-0.2, -0.15) is 0 Å². The molecular weight excluding hydrogens is 154 g/mol. The summed E-state index contributed by atoms with van der Waals surface area (Å²) in [7, 11) is 1.55. The zero-order valence-electron chi connectivity index (χ0n) is 6.79. The van der Waals surface area contributed by atoms with Crippen molar-refractivity contribution < 1.29 is 4.79 Å². The van der Waals surface area contributed by atoms with E-state index < -0.39 is 0 Å². The summed E-state index contributed by atoms with van der Waals surface area (Å²) in [5.41, 5.74) is 12.4. The summed E-state index contributed by atoms with van der Waals surface area (Å²) in [6, 6.07) is 4.80. The lowest BCUT2D eigenvalue weighted by Crippen LogP contribution is -2.19. The Morgan fingerprint density at radius 2 is 2.08 bits per heavy atom. The van der Waals surface area contributed by atoms with Crippen LogP contribution in [0.1, 0.15) is 10.4 Å². The average molecular weight is 165 g/mol. The number of rotatable bonds is 1. The largest absolute Gasteiger partial charge is 0.399 e. The van der Waals surface area contributed by atoms with E-state index in [0.29, 0.717) is 16.9 Å². The van der Waals surface area contributed by atoms with Gasteiger partial charge in [0.05, 0.1) is 5.56 Å². The van der Waals surface area contributed by atoms with E-state index in [2.05, 4.69) is 5.32 Å². The number of carbonyl (C=O) groups excluding carboxylic acids is 1. The van der Waals surface area contributed by atoms with Crippen LogP contribution in [0.2, 0.25) is 0 Å². The molecule has 0 aliphatic carbocycles. The Morgan fingerprint density at radius 3 is 2.58 bits per heavy atom. The fourth-order valence-corrected chi connectivity index (χ4v) is 0.923. The molecule has 1 aromatic rings. The summed E-state index contributed by atoms with van der Waals surface area (Å²) in [4.78, 5) is 11.1. The molecule has 0 fully saturated rings. The topological polar surface area (TPSA) is 81.1 Å². The summed E-state index contributed by atoms with van der Waals surface area (Å²) < 4.78 is 0. The van der Waals surface area contributed by atoms with Crippen LogP contribution in [0.3, 0.4) is 0 Å². The van der Waals surface area contributed by atoms with E-state index in [1.165, 1.54) is 0 Å². The molecule has 0 unspecified atom stereocenters. The molecule has 1 amide bonds. The van der Waals surface area contributed by atoms with Crippen molar-refractivity contribution in [2.45, 2.75) is 0 Å².